The van der Waals surface area contributed by atoms with Crippen LogP contribution in [0.5, 0.6) is 0 Å². The molecule has 134 valence electrons. The van der Waals surface area contributed by atoms with E-state index in [9.17, 15) is 13.0 Å². The van der Waals surface area contributed by atoms with Gasteiger partial charge >= 0.3 is 16.1 Å². The van der Waals surface area contributed by atoms with E-state index >= 15 is 0 Å². The van der Waals surface area contributed by atoms with Gasteiger partial charge in [-0.2, -0.15) is 18.9 Å². The van der Waals surface area contributed by atoms with Crippen LogP contribution in [0.3, 0.4) is 0 Å². The molecule has 0 aliphatic carbocycles. The highest BCUT2D eigenvalue weighted by atomic mass is 32.2. The fraction of sp³-hybridized carbons (Fsp3) is 0.533. The number of rotatable bonds is 7. The first kappa shape index (κ1) is 18.8. The highest BCUT2D eigenvalue weighted by molar-refractivity contribution is 7.86. The van der Waals surface area contributed by atoms with Crippen molar-refractivity contribution in [2.45, 2.75) is 25.2 Å². The molecular weight excluding hydrogens is 332 g/mol. The predicted octanol–water partition coefficient (Wildman–Crippen LogP) is 0.809. The summed E-state index contributed by atoms with van der Waals surface area (Å²) in [6, 6.07) is 4.67. The number of nitrogens with zero attached hydrogens (tertiary/aromatic N) is 2. The molecule has 0 radical (unpaired) electrons. The third-order valence-corrected chi connectivity index (χ3v) is 4.77. The Morgan fingerprint density at radius 1 is 1.46 bits per heavy atom. The number of nitrogens with one attached hydrogen (secondary N) is 1. The molecular formula is C15H25N4O4S+. The van der Waals surface area contributed by atoms with Crippen molar-refractivity contribution in [1.29, 1.82) is 0 Å². The molecule has 1 aromatic carbocycles. The summed E-state index contributed by atoms with van der Waals surface area (Å²) in [5, 5.41) is 3.17. The van der Waals surface area contributed by atoms with Crippen LogP contribution in [0.25, 0.3) is 0 Å². The molecule has 0 amide bonds. The molecule has 9 heteroatoms. The summed E-state index contributed by atoms with van der Waals surface area (Å²) in [5.74, 6) is 6.96. The normalized spacial score (nSPS) is 20.9. The average molecular weight is 357 g/mol. The molecule has 4 N–H and O–H groups in total. The zero-order chi connectivity index (χ0) is 17.8. The van der Waals surface area contributed by atoms with Crippen LogP contribution in [-0.2, 0) is 14.9 Å². The summed E-state index contributed by atoms with van der Waals surface area (Å²) in [5.41, 5.74) is 1.16. The number of hydrogen-bond acceptors (Lipinski definition) is 6. The topological polar surface area (TPSA) is 114 Å². The van der Waals surface area contributed by atoms with Crippen LogP contribution >= 0.6 is 0 Å². The SMILES string of the molecule is CCOCCCNC1=NCC[N+]1(N)c1cc(C)ccc1S(=O)(=O)O. The van der Waals surface area contributed by atoms with Gasteiger partial charge < -0.3 is 10.1 Å². The summed E-state index contributed by atoms with van der Waals surface area (Å²) < 4.78 is 38.0. The molecule has 1 aromatic rings. The number of aliphatic imine (C=N–C) groups is 1. The molecule has 2 rings (SSSR count). The van der Waals surface area contributed by atoms with Crippen LogP contribution in [0.2, 0.25) is 0 Å². The van der Waals surface area contributed by atoms with Crippen molar-refractivity contribution >= 4 is 21.8 Å². The van der Waals surface area contributed by atoms with E-state index < -0.39 is 10.1 Å². The smallest absolute Gasteiger partial charge is 0.322 e. The van der Waals surface area contributed by atoms with Gasteiger partial charge in [-0.15, -0.1) is 0 Å². The standard InChI is InChI=1S/C15H24N4O4S/c1-3-23-10-4-7-17-15-18-8-9-19(15,16)13-11-12(2)5-6-14(13)24(20,21)22/h5-6,11H,3-4,7-10,16H2,1-2H3,(H-,17,18,20,21,22)/p+1. The van der Waals surface area contributed by atoms with Crippen molar-refractivity contribution in [2.24, 2.45) is 10.8 Å². The second kappa shape index (κ2) is 7.58. The second-order valence-electron chi connectivity index (χ2n) is 5.72. The Bertz CT molecular complexity index is 720. The molecule has 0 aromatic heterocycles. The highest BCUT2D eigenvalue weighted by Gasteiger charge is 2.42. The number of aryl methyl sites for hydroxylation is 1. The Morgan fingerprint density at radius 2 is 2.21 bits per heavy atom. The quantitative estimate of drug-likeness (QED) is 0.288. The molecule has 1 atom stereocenters. The monoisotopic (exact) mass is 357 g/mol. The Kier molecular flexibility index (Phi) is 5.94. The lowest BCUT2D eigenvalue weighted by atomic mass is 10.2. The molecule has 0 spiro atoms. The molecule has 8 nitrogen and oxygen atoms in total. The van der Waals surface area contributed by atoms with Crippen molar-refractivity contribution in [2.75, 3.05) is 32.8 Å². The maximum absolute atomic E-state index is 11.7. The average Bonchev–Trinajstić information content (AvgIpc) is 2.88. The van der Waals surface area contributed by atoms with Gasteiger partial charge in [0.05, 0.1) is 6.54 Å². The maximum atomic E-state index is 11.7. The van der Waals surface area contributed by atoms with Gasteiger partial charge in [0.2, 0.25) is 0 Å². The van der Waals surface area contributed by atoms with Gasteiger partial charge in [0.25, 0.3) is 0 Å². The molecule has 1 unspecified atom stereocenters. The van der Waals surface area contributed by atoms with Gasteiger partial charge in [-0.05, 0) is 31.9 Å². The Labute approximate surface area is 142 Å². The summed E-state index contributed by atoms with van der Waals surface area (Å²) in [7, 11) is -4.38. The molecule has 0 saturated heterocycles. The van der Waals surface area contributed by atoms with E-state index in [0.717, 1.165) is 12.0 Å². The molecule has 1 aliphatic heterocycles. The van der Waals surface area contributed by atoms with E-state index in [2.05, 4.69) is 10.3 Å². The first-order valence-corrected chi connectivity index (χ1v) is 9.35. The van der Waals surface area contributed by atoms with Gasteiger partial charge in [-0.3, -0.25) is 4.55 Å². The molecule has 0 saturated carbocycles. The van der Waals surface area contributed by atoms with E-state index in [0.29, 0.717) is 44.5 Å². The molecule has 24 heavy (non-hydrogen) atoms. The van der Waals surface area contributed by atoms with Crippen LogP contribution in [0.4, 0.5) is 5.69 Å². The fourth-order valence-electron chi connectivity index (χ4n) is 2.65. The Balaban J connectivity index is 2.26. The van der Waals surface area contributed by atoms with Crippen molar-refractivity contribution in [3.05, 3.63) is 23.8 Å². The van der Waals surface area contributed by atoms with Gasteiger partial charge in [-0.25, -0.2) is 4.99 Å². The maximum Gasteiger partial charge on any atom is 0.322 e. The summed E-state index contributed by atoms with van der Waals surface area (Å²) in [6.07, 6.45) is 0.784. The minimum Gasteiger partial charge on any atom is -0.382 e. The first-order valence-electron chi connectivity index (χ1n) is 7.91. The summed E-state index contributed by atoms with van der Waals surface area (Å²) >= 11 is 0. The lowest BCUT2D eigenvalue weighted by Crippen LogP contribution is -2.63. The van der Waals surface area contributed by atoms with E-state index in [1.807, 2.05) is 13.8 Å². The van der Waals surface area contributed by atoms with Crippen molar-refractivity contribution in [3.8, 4) is 0 Å². The van der Waals surface area contributed by atoms with Crippen molar-refractivity contribution in [1.82, 2.24) is 9.91 Å². The minimum atomic E-state index is -4.38. The largest absolute Gasteiger partial charge is 0.382 e. The molecule has 0 bridgehead atoms. The van der Waals surface area contributed by atoms with E-state index in [4.69, 9.17) is 10.6 Å². The zero-order valence-electron chi connectivity index (χ0n) is 14.0. The Morgan fingerprint density at radius 3 is 2.88 bits per heavy atom. The van der Waals surface area contributed by atoms with Crippen LogP contribution in [0, 0.1) is 6.92 Å². The van der Waals surface area contributed by atoms with Crippen LogP contribution in [-0.4, -0.2) is 51.8 Å². The fourth-order valence-corrected chi connectivity index (χ4v) is 3.38. The first-order chi connectivity index (χ1) is 11.3. The highest BCUT2D eigenvalue weighted by Crippen LogP contribution is 2.31. The number of guanidine groups is 1. The van der Waals surface area contributed by atoms with Crippen LogP contribution in [0.1, 0.15) is 18.9 Å². The van der Waals surface area contributed by atoms with Gasteiger partial charge in [0.1, 0.15) is 6.54 Å². The Hall–Kier alpha value is -1.52. The van der Waals surface area contributed by atoms with Crippen molar-refractivity contribution in [3.63, 3.8) is 0 Å². The lowest BCUT2D eigenvalue weighted by Gasteiger charge is -2.29. The lowest BCUT2D eigenvalue weighted by molar-refractivity contribution is 0.145. The number of hydrogen-bond donors (Lipinski definition) is 3. The molecule has 1 aliphatic rings. The summed E-state index contributed by atoms with van der Waals surface area (Å²) in [4.78, 5) is 4.18. The molecule has 0 fully saturated rings. The number of nitrogens with two attached hydrogens (primary N) is 1. The van der Waals surface area contributed by atoms with Crippen molar-refractivity contribution < 1.29 is 17.7 Å². The van der Waals surface area contributed by atoms with Gasteiger partial charge in [0, 0.05) is 25.8 Å². The van der Waals surface area contributed by atoms with Gasteiger partial charge in [0.15, 0.2) is 10.6 Å². The third-order valence-electron chi connectivity index (χ3n) is 3.87. The third kappa shape index (κ3) is 4.11. The van der Waals surface area contributed by atoms with Gasteiger partial charge in [-0.1, -0.05) is 6.07 Å². The number of benzene rings is 1. The van der Waals surface area contributed by atoms with E-state index in [1.165, 1.54) is 6.07 Å². The number of ether oxygens (including phenoxy) is 1. The van der Waals surface area contributed by atoms with Crippen LogP contribution in [0.15, 0.2) is 28.1 Å². The predicted molar refractivity (Wildman–Crippen MR) is 93.3 cm³/mol. The van der Waals surface area contributed by atoms with E-state index in [1.54, 1.807) is 12.1 Å². The van der Waals surface area contributed by atoms with Crippen LogP contribution < -0.4 is 15.8 Å². The summed E-state index contributed by atoms with van der Waals surface area (Å²) in [6.45, 7) is 6.57. The minimum absolute atomic E-state index is 0.193. The van der Waals surface area contributed by atoms with E-state index in [-0.39, 0.29) is 9.49 Å². The zero-order valence-corrected chi connectivity index (χ0v) is 14.8. The molecule has 1 heterocycles. The number of quaternary nitrogens is 1. The second-order valence-corrected chi connectivity index (χ2v) is 7.11.